The van der Waals surface area contributed by atoms with Crippen LogP contribution in [0.25, 0.3) is 0 Å². The summed E-state index contributed by atoms with van der Waals surface area (Å²) in [6.07, 6.45) is 5.05. The van der Waals surface area contributed by atoms with Crippen molar-refractivity contribution < 1.29 is 18.4 Å². The number of aromatic nitrogens is 4. The summed E-state index contributed by atoms with van der Waals surface area (Å²) in [6, 6.07) is 6.14. The van der Waals surface area contributed by atoms with Crippen molar-refractivity contribution in [3.63, 3.8) is 0 Å². The second kappa shape index (κ2) is 7.79. The molecule has 1 unspecified atom stereocenters. The summed E-state index contributed by atoms with van der Waals surface area (Å²) in [4.78, 5) is 22.9. The van der Waals surface area contributed by atoms with Crippen LogP contribution < -0.4 is 4.74 Å². The second-order valence-electron chi connectivity index (χ2n) is 6.72. The molecule has 1 amide bonds. The third-order valence-corrected chi connectivity index (χ3v) is 4.76. The van der Waals surface area contributed by atoms with E-state index in [4.69, 9.17) is 9.26 Å². The van der Waals surface area contributed by atoms with Crippen molar-refractivity contribution in [2.24, 2.45) is 7.05 Å². The van der Waals surface area contributed by atoms with Crippen LogP contribution >= 0.6 is 0 Å². The summed E-state index contributed by atoms with van der Waals surface area (Å²) in [5.74, 6) is 0.764. The molecule has 1 fully saturated rings. The Morgan fingerprint density at radius 1 is 1.39 bits per heavy atom. The first-order valence-electron chi connectivity index (χ1n) is 9.08. The van der Waals surface area contributed by atoms with Gasteiger partial charge in [-0.3, -0.25) is 4.79 Å². The van der Waals surface area contributed by atoms with E-state index in [0.29, 0.717) is 24.7 Å². The van der Waals surface area contributed by atoms with Crippen molar-refractivity contribution in [1.82, 2.24) is 24.6 Å². The number of benzene rings is 1. The number of hydrogen-bond donors (Lipinski definition) is 0. The van der Waals surface area contributed by atoms with Gasteiger partial charge in [-0.05, 0) is 25.0 Å². The van der Waals surface area contributed by atoms with Crippen molar-refractivity contribution in [2.45, 2.75) is 25.4 Å². The van der Waals surface area contributed by atoms with Crippen LogP contribution in [0, 0.1) is 5.82 Å². The molecule has 1 aliphatic heterocycles. The molecule has 9 heteroatoms. The minimum atomic E-state index is -0.446. The molecule has 0 N–H and O–H groups in total. The van der Waals surface area contributed by atoms with Crippen LogP contribution in [0.5, 0.6) is 5.75 Å². The number of para-hydroxylation sites is 1. The Kier molecular flexibility index (Phi) is 5.05. The SMILES string of the molecule is Cn1ccnc1C(=O)N1CCCC(c2noc(COc3ccccc3F)n2)C1. The number of halogens is 1. The molecule has 1 atom stereocenters. The van der Waals surface area contributed by atoms with Gasteiger partial charge in [-0.2, -0.15) is 4.98 Å². The fourth-order valence-electron chi connectivity index (χ4n) is 3.28. The molecule has 0 aliphatic carbocycles. The second-order valence-corrected chi connectivity index (χ2v) is 6.72. The number of rotatable bonds is 5. The standard InChI is InChI=1S/C19H20FN5O3/c1-24-10-8-21-18(24)19(26)25-9-4-5-13(11-25)17-22-16(28-23-17)12-27-15-7-3-2-6-14(15)20/h2-3,6-8,10,13H,4-5,9,11-12H2,1H3. The van der Waals surface area contributed by atoms with E-state index in [-0.39, 0.29) is 30.1 Å². The number of carbonyl (C=O) groups is 1. The predicted molar refractivity (Wildman–Crippen MR) is 96.1 cm³/mol. The van der Waals surface area contributed by atoms with Gasteiger partial charge in [0.05, 0.1) is 0 Å². The van der Waals surface area contributed by atoms with Crippen molar-refractivity contribution >= 4 is 5.91 Å². The van der Waals surface area contributed by atoms with Crippen molar-refractivity contribution in [3.8, 4) is 5.75 Å². The minimum absolute atomic E-state index is 0.0173. The highest BCUT2D eigenvalue weighted by Crippen LogP contribution is 2.26. The molecule has 8 nitrogen and oxygen atoms in total. The van der Waals surface area contributed by atoms with E-state index in [1.54, 1.807) is 41.0 Å². The van der Waals surface area contributed by atoms with E-state index in [9.17, 15) is 9.18 Å². The lowest BCUT2D eigenvalue weighted by atomic mass is 9.97. The maximum absolute atomic E-state index is 13.6. The molecule has 1 saturated heterocycles. The third-order valence-electron chi connectivity index (χ3n) is 4.76. The average molecular weight is 385 g/mol. The lowest BCUT2D eigenvalue weighted by molar-refractivity contribution is 0.0687. The van der Waals surface area contributed by atoms with Crippen LogP contribution in [-0.4, -0.2) is 43.6 Å². The van der Waals surface area contributed by atoms with E-state index < -0.39 is 5.82 Å². The van der Waals surface area contributed by atoms with Gasteiger partial charge in [0.15, 0.2) is 29.8 Å². The number of aryl methyl sites for hydroxylation is 1. The van der Waals surface area contributed by atoms with Gasteiger partial charge in [-0.25, -0.2) is 9.37 Å². The van der Waals surface area contributed by atoms with Crippen LogP contribution in [0.3, 0.4) is 0 Å². The van der Waals surface area contributed by atoms with Gasteiger partial charge in [0.25, 0.3) is 11.8 Å². The maximum atomic E-state index is 13.6. The molecule has 1 aliphatic rings. The Balaban J connectivity index is 1.40. The number of carbonyl (C=O) groups excluding carboxylic acids is 1. The first-order valence-corrected chi connectivity index (χ1v) is 9.08. The predicted octanol–water partition coefficient (Wildman–Crippen LogP) is 2.54. The van der Waals surface area contributed by atoms with Crippen LogP contribution in [0.15, 0.2) is 41.2 Å². The summed E-state index contributed by atoms with van der Waals surface area (Å²) < 4.78 is 26.0. The number of hydrogen-bond acceptors (Lipinski definition) is 6. The van der Waals surface area contributed by atoms with Gasteiger partial charge in [-0.15, -0.1) is 0 Å². The lowest BCUT2D eigenvalue weighted by Crippen LogP contribution is -2.40. The average Bonchev–Trinajstić information content (AvgIpc) is 3.36. The third kappa shape index (κ3) is 3.73. The first-order chi connectivity index (χ1) is 13.6. The number of ether oxygens (including phenoxy) is 1. The highest BCUT2D eigenvalue weighted by Gasteiger charge is 2.30. The highest BCUT2D eigenvalue weighted by atomic mass is 19.1. The zero-order valence-corrected chi connectivity index (χ0v) is 15.4. The van der Waals surface area contributed by atoms with E-state index in [0.717, 1.165) is 12.8 Å². The molecule has 2 aromatic heterocycles. The molecular formula is C19H20FN5O3. The fourth-order valence-corrected chi connectivity index (χ4v) is 3.28. The molecular weight excluding hydrogens is 365 g/mol. The van der Waals surface area contributed by atoms with E-state index in [2.05, 4.69) is 15.1 Å². The van der Waals surface area contributed by atoms with E-state index in [1.807, 2.05) is 0 Å². The molecule has 28 heavy (non-hydrogen) atoms. The molecule has 3 aromatic rings. The zero-order chi connectivity index (χ0) is 19.5. The number of amides is 1. The summed E-state index contributed by atoms with van der Waals surface area (Å²) in [5, 5.41) is 4.03. The smallest absolute Gasteiger partial charge is 0.289 e. The topological polar surface area (TPSA) is 86.3 Å². The Hall–Kier alpha value is -3.23. The largest absolute Gasteiger partial charge is 0.481 e. The number of imidazole rings is 1. The molecule has 3 heterocycles. The quantitative estimate of drug-likeness (QED) is 0.671. The van der Waals surface area contributed by atoms with Gasteiger partial charge in [-0.1, -0.05) is 17.3 Å². The summed E-state index contributed by atoms with van der Waals surface area (Å²) in [5.41, 5.74) is 0. The van der Waals surface area contributed by atoms with Crippen molar-refractivity contribution in [2.75, 3.05) is 13.1 Å². The fraction of sp³-hybridized carbons (Fsp3) is 0.368. The van der Waals surface area contributed by atoms with Crippen molar-refractivity contribution in [3.05, 3.63) is 60.0 Å². The Labute approximate surface area is 160 Å². The molecule has 0 saturated carbocycles. The number of piperidine rings is 1. The van der Waals surface area contributed by atoms with Crippen molar-refractivity contribution in [1.29, 1.82) is 0 Å². The van der Waals surface area contributed by atoms with Gasteiger partial charge in [0.1, 0.15) is 0 Å². The minimum Gasteiger partial charge on any atom is -0.481 e. The van der Waals surface area contributed by atoms with Gasteiger partial charge < -0.3 is 18.7 Å². The normalized spacial score (nSPS) is 16.9. The molecule has 146 valence electrons. The van der Waals surface area contributed by atoms with E-state index in [1.165, 1.54) is 12.1 Å². The van der Waals surface area contributed by atoms with Crippen LogP contribution in [-0.2, 0) is 13.7 Å². The van der Waals surface area contributed by atoms with E-state index >= 15 is 0 Å². The lowest BCUT2D eigenvalue weighted by Gasteiger charge is -2.30. The zero-order valence-electron chi connectivity index (χ0n) is 15.4. The molecule has 4 rings (SSSR count). The van der Waals surface area contributed by atoms with Gasteiger partial charge in [0, 0.05) is 38.4 Å². The number of likely N-dealkylation sites (tertiary alicyclic amines) is 1. The molecule has 0 bridgehead atoms. The van der Waals surface area contributed by atoms with Crippen LogP contribution in [0.4, 0.5) is 4.39 Å². The molecule has 0 spiro atoms. The summed E-state index contributed by atoms with van der Waals surface area (Å²) in [7, 11) is 1.79. The molecule has 0 radical (unpaired) electrons. The Bertz CT molecular complexity index is 970. The maximum Gasteiger partial charge on any atom is 0.289 e. The Morgan fingerprint density at radius 3 is 3.04 bits per heavy atom. The van der Waals surface area contributed by atoms with Crippen LogP contribution in [0.1, 0.15) is 41.1 Å². The van der Waals surface area contributed by atoms with Gasteiger partial charge >= 0.3 is 0 Å². The summed E-state index contributed by atoms with van der Waals surface area (Å²) >= 11 is 0. The van der Waals surface area contributed by atoms with Gasteiger partial charge in [0.2, 0.25) is 0 Å². The van der Waals surface area contributed by atoms with Crippen LogP contribution in [0.2, 0.25) is 0 Å². The monoisotopic (exact) mass is 385 g/mol. The summed E-state index contributed by atoms with van der Waals surface area (Å²) in [6.45, 7) is 1.15. The Morgan fingerprint density at radius 2 is 2.25 bits per heavy atom. The molecule has 1 aromatic carbocycles. The highest BCUT2D eigenvalue weighted by molar-refractivity contribution is 5.90. The number of nitrogens with zero attached hydrogens (tertiary/aromatic N) is 5. The first kappa shape index (κ1) is 18.1.